The van der Waals surface area contributed by atoms with Crippen LogP contribution in [-0.4, -0.2) is 48.8 Å². The number of amidine groups is 1. The number of anilines is 1. The number of ether oxygens (including phenoxy) is 1. The summed E-state index contributed by atoms with van der Waals surface area (Å²) in [5.74, 6) is 0.716. The van der Waals surface area contributed by atoms with Crippen molar-refractivity contribution in [2.24, 2.45) is 4.99 Å². The lowest BCUT2D eigenvalue weighted by molar-refractivity contribution is -0.113. The molecule has 0 aliphatic carbocycles. The van der Waals surface area contributed by atoms with Crippen LogP contribution in [0.2, 0.25) is 0 Å². The number of thioether (sulfide) groups is 1. The van der Waals surface area contributed by atoms with Gasteiger partial charge in [0.05, 0.1) is 11.5 Å². The zero-order valence-corrected chi connectivity index (χ0v) is 19.0. The minimum atomic E-state index is -0.149. The molecule has 31 heavy (non-hydrogen) atoms. The van der Waals surface area contributed by atoms with E-state index < -0.39 is 0 Å². The van der Waals surface area contributed by atoms with Gasteiger partial charge in [-0.3, -0.25) is 4.79 Å². The number of hydrogen-bond donors (Lipinski definition) is 0. The highest BCUT2D eigenvalue weighted by Crippen LogP contribution is 2.31. The van der Waals surface area contributed by atoms with E-state index >= 15 is 0 Å². The van der Waals surface area contributed by atoms with Crippen molar-refractivity contribution in [1.82, 2.24) is 4.90 Å². The van der Waals surface area contributed by atoms with Gasteiger partial charge in [-0.25, -0.2) is 0 Å². The van der Waals surface area contributed by atoms with Crippen molar-refractivity contribution in [3.05, 3.63) is 64.6 Å². The lowest BCUT2D eigenvalue weighted by Gasteiger charge is -2.36. The van der Waals surface area contributed by atoms with Crippen molar-refractivity contribution in [3.63, 3.8) is 0 Å². The quantitative estimate of drug-likeness (QED) is 0.474. The van der Waals surface area contributed by atoms with Crippen molar-refractivity contribution in [1.29, 1.82) is 0 Å². The molecule has 2 aromatic carbocycles. The van der Waals surface area contributed by atoms with Crippen molar-refractivity contribution < 1.29 is 9.53 Å². The third-order valence-electron chi connectivity index (χ3n) is 5.47. The first-order chi connectivity index (χ1) is 15.1. The van der Waals surface area contributed by atoms with Gasteiger partial charge in [-0.05, 0) is 66.6 Å². The predicted octanol–water partition coefficient (Wildman–Crippen LogP) is 4.97. The molecule has 2 heterocycles. The summed E-state index contributed by atoms with van der Waals surface area (Å²) in [6, 6.07) is 16.5. The molecule has 0 atom stereocenters. The summed E-state index contributed by atoms with van der Waals surface area (Å²) < 4.78 is 5.71. The van der Waals surface area contributed by atoms with E-state index in [0.717, 1.165) is 62.1 Å². The molecule has 2 aliphatic heterocycles. The Bertz CT molecular complexity index is 977. The van der Waals surface area contributed by atoms with Crippen LogP contribution < -0.4 is 9.64 Å². The van der Waals surface area contributed by atoms with Crippen molar-refractivity contribution in [3.8, 4) is 5.75 Å². The molecule has 2 aliphatic rings. The SMILES string of the molecule is CCCCOc1ccc(/C=C2\SC(N3CCN(c4cccc(C)c4)CC3)=NC2=O)cc1. The molecule has 1 fully saturated rings. The average Bonchev–Trinajstić information content (AvgIpc) is 3.15. The number of carbonyl (C=O) groups excluding carboxylic acids is 1. The van der Waals surface area contributed by atoms with E-state index in [4.69, 9.17) is 4.74 Å². The smallest absolute Gasteiger partial charge is 0.286 e. The summed E-state index contributed by atoms with van der Waals surface area (Å²) in [5.41, 5.74) is 3.52. The van der Waals surface area contributed by atoms with Crippen molar-refractivity contribution >= 4 is 34.6 Å². The number of hydrogen-bond acceptors (Lipinski definition) is 5. The lowest BCUT2D eigenvalue weighted by Crippen LogP contribution is -2.47. The highest BCUT2D eigenvalue weighted by molar-refractivity contribution is 8.18. The second kappa shape index (κ2) is 10.1. The molecule has 0 radical (unpaired) electrons. The number of aliphatic imine (C=N–C) groups is 1. The highest BCUT2D eigenvalue weighted by Gasteiger charge is 2.28. The van der Waals surface area contributed by atoms with Crippen LogP contribution in [0.15, 0.2) is 58.4 Å². The zero-order valence-electron chi connectivity index (χ0n) is 18.2. The monoisotopic (exact) mass is 435 g/mol. The molecule has 0 N–H and O–H groups in total. The fourth-order valence-electron chi connectivity index (χ4n) is 3.66. The second-order valence-corrected chi connectivity index (χ2v) is 8.90. The molecule has 162 valence electrons. The summed E-state index contributed by atoms with van der Waals surface area (Å²) in [7, 11) is 0. The first-order valence-electron chi connectivity index (χ1n) is 10.9. The van der Waals surface area contributed by atoms with Gasteiger partial charge in [-0.15, -0.1) is 0 Å². The first-order valence-corrected chi connectivity index (χ1v) is 11.8. The van der Waals surface area contributed by atoms with Gasteiger partial charge in [-0.2, -0.15) is 4.99 Å². The van der Waals surface area contributed by atoms with Gasteiger partial charge in [-0.1, -0.05) is 37.6 Å². The molecule has 2 aromatic rings. The highest BCUT2D eigenvalue weighted by atomic mass is 32.2. The van der Waals surface area contributed by atoms with Crippen LogP contribution in [-0.2, 0) is 4.79 Å². The predicted molar refractivity (Wildman–Crippen MR) is 130 cm³/mol. The maximum Gasteiger partial charge on any atom is 0.286 e. The molecule has 1 saturated heterocycles. The van der Waals surface area contributed by atoms with Crippen LogP contribution in [0, 0.1) is 6.92 Å². The molecule has 0 saturated carbocycles. The van der Waals surface area contributed by atoms with Crippen molar-refractivity contribution in [2.45, 2.75) is 26.7 Å². The molecule has 0 bridgehead atoms. The average molecular weight is 436 g/mol. The van der Waals surface area contributed by atoms with Gasteiger partial charge in [0, 0.05) is 31.9 Å². The van der Waals surface area contributed by atoms with Crippen molar-refractivity contribution in [2.75, 3.05) is 37.7 Å². The molecule has 0 aromatic heterocycles. The maximum absolute atomic E-state index is 12.5. The summed E-state index contributed by atoms with van der Waals surface area (Å²) in [6.07, 6.45) is 4.09. The number of benzene rings is 2. The Hall–Kier alpha value is -2.73. The number of piperazine rings is 1. The molecule has 0 unspecified atom stereocenters. The van der Waals surface area contributed by atoms with E-state index in [1.165, 1.54) is 23.0 Å². The van der Waals surface area contributed by atoms with Gasteiger partial charge in [0.1, 0.15) is 5.75 Å². The summed E-state index contributed by atoms with van der Waals surface area (Å²) in [6.45, 7) is 8.59. The minimum absolute atomic E-state index is 0.149. The van der Waals surface area contributed by atoms with Gasteiger partial charge in [0.15, 0.2) is 5.17 Å². The number of nitrogens with zero attached hydrogens (tertiary/aromatic N) is 3. The van der Waals surface area contributed by atoms with E-state index in [2.05, 4.69) is 52.9 Å². The van der Waals surface area contributed by atoms with Crippen LogP contribution in [0.1, 0.15) is 30.9 Å². The van der Waals surface area contributed by atoms with Crippen LogP contribution in [0.4, 0.5) is 5.69 Å². The molecule has 1 amide bonds. The third kappa shape index (κ3) is 5.50. The second-order valence-electron chi connectivity index (χ2n) is 7.89. The number of rotatable bonds is 6. The minimum Gasteiger partial charge on any atom is -0.494 e. The molecular formula is C25H29N3O2S. The summed E-state index contributed by atoms with van der Waals surface area (Å²) in [4.78, 5) is 22.1. The number of aryl methyl sites for hydroxylation is 1. The Kier molecular flexibility index (Phi) is 6.97. The van der Waals surface area contributed by atoms with E-state index in [1.54, 1.807) is 0 Å². The van der Waals surface area contributed by atoms with Gasteiger partial charge >= 0.3 is 0 Å². The Labute approximate surface area is 188 Å². The molecular weight excluding hydrogens is 406 g/mol. The number of carbonyl (C=O) groups is 1. The van der Waals surface area contributed by atoms with Crippen LogP contribution >= 0.6 is 11.8 Å². The lowest BCUT2D eigenvalue weighted by atomic mass is 10.2. The normalized spacial score (nSPS) is 17.9. The fourth-order valence-corrected chi connectivity index (χ4v) is 4.62. The van der Waals surface area contributed by atoms with E-state index in [-0.39, 0.29) is 5.91 Å². The Morgan fingerprint density at radius 2 is 1.81 bits per heavy atom. The van der Waals surface area contributed by atoms with Crippen LogP contribution in [0.25, 0.3) is 6.08 Å². The topological polar surface area (TPSA) is 45.1 Å². The van der Waals surface area contributed by atoms with Gasteiger partial charge < -0.3 is 14.5 Å². The summed E-state index contributed by atoms with van der Waals surface area (Å²) in [5, 5.41) is 0.819. The Morgan fingerprint density at radius 1 is 1.06 bits per heavy atom. The Morgan fingerprint density at radius 3 is 2.52 bits per heavy atom. The van der Waals surface area contributed by atoms with E-state index in [1.807, 2.05) is 30.3 Å². The number of unbranched alkanes of at least 4 members (excludes halogenated alkanes) is 1. The molecule has 5 nitrogen and oxygen atoms in total. The summed E-state index contributed by atoms with van der Waals surface area (Å²) >= 11 is 1.48. The number of amides is 1. The van der Waals surface area contributed by atoms with Gasteiger partial charge in [0.2, 0.25) is 0 Å². The third-order valence-corrected chi connectivity index (χ3v) is 6.52. The molecule has 0 spiro atoms. The molecule has 4 rings (SSSR count). The zero-order chi connectivity index (χ0) is 21.6. The largest absolute Gasteiger partial charge is 0.494 e. The first kappa shape index (κ1) is 21.5. The fraction of sp³-hybridized carbons (Fsp3) is 0.360. The molecule has 6 heteroatoms. The van der Waals surface area contributed by atoms with Crippen LogP contribution in [0.5, 0.6) is 5.75 Å². The standard InChI is InChI=1S/C25H29N3O2S/c1-3-4-16-30-22-10-8-20(9-11-22)18-23-24(29)26-25(31-23)28-14-12-27(13-15-28)21-7-5-6-19(2)17-21/h5-11,17-18H,3-4,12-16H2,1-2H3/b23-18-. The van der Waals surface area contributed by atoms with E-state index in [0.29, 0.717) is 4.91 Å². The maximum atomic E-state index is 12.5. The van der Waals surface area contributed by atoms with Crippen LogP contribution in [0.3, 0.4) is 0 Å². The Balaban J connectivity index is 1.33. The van der Waals surface area contributed by atoms with Gasteiger partial charge in [0.25, 0.3) is 5.91 Å². The van der Waals surface area contributed by atoms with E-state index in [9.17, 15) is 4.79 Å².